The quantitative estimate of drug-likeness (QED) is 0.823. The summed E-state index contributed by atoms with van der Waals surface area (Å²) in [6, 6.07) is 7.92. The van der Waals surface area contributed by atoms with Crippen molar-refractivity contribution in [1.82, 2.24) is 15.5 Å². The van der Waals surface area contributed by atoms with E-state index in [4.69, 9.17) is 0 Å². The molecule has 2 N–H and O–H groups in total. The first-order valence-electron chi connectivity index (χ1n) is 8.02. The van der Waals surface area contributed by atoms with Gasteiger partial charge in [0.2, 0.25) is 11.8 Å². The molecule has 2 amide bonds. The lowest BCUT2D eigenvalue weighted by Gasteiger charge is -2.33. The minimum Gasteiger partial charge on any atom is -0.374 e. The van der Waals surface area contributed by atoms with Gasteiger partial charge in [-0.15, -0.1) is 0 Å². The van der Waals surface area contributed by atoms with Crippen LogP contribution in [0.1, 0.15) is 12.0 Å². The minimum absolute atomic E-state index is 0.0700. The van der Waals surface area contributed by atoms with Crippen molar-refractivity contribution in [2.45, 2.75) is 19.4 Å². The molecule has 0 saturated carbocycles. The van der Waals surface area contributed by atoms with Crippen molar-refractivity contribution in [3.63, 3.8) is 0 Å². The third kappa shape index (κ3) is 4.69. The second-order valence-corrected chi connectivity index (χ2v) is 5.97. The topological polar surface area (TPSA) is 64.7 Å². The van der Waals surface area contributed by atoms with Crippen LogP contribution in [-0.2, 0) is 9.59 Å². The Morgan fingerprint density at radius 2 is 2.22 bits per heavy atom. The first kappa shape index (κ1) is 17.3. The average Bonchev–Trinajstić information content (AvgIpc) is 2.58. The van der Waals surface area contributed by atoms with Gasteiger partial charge in [0.25, 0.3) is 0 Å². The third-order valence-corrected chi connectivity index (χ3v) is 4.19. The van der Waals surface area contributed by atoms with Gasteiger partial charge < -0.3 is 20.4 Å². The Morgan fingerprint density at radius 3 is 2.91 bits per heavy atom. The average molecular weight is 318 g/mol. The van der Waals surface area contributed by atoms with Crippen molar-refractivity contribution in [2.24, 2.45) is 0 Å². The van der Waals surface area contributed by atoms with E-state index in [0.29, 0.717) is 32.6 Å². The summed E-state index contributed by atoms with van der Waals surface area (Å²) in [5.74, 6) is 0.0271. The number of amides is 2. The summed E-state index contributed by atoms with van der Waals surface area (Å²) in [7, 11) is 3.61. The standard InChI is InChI=1S/C17H26N4O2/c1-13-5-4-6-14(11-13)20(3)9-7-16(22)21-10-8-19-15(12-21)17(23)18-2/h4-6,11,15,19H,7-10,12H2,1-3H3,(H,18,23)/t15-/m0/s1. The van der Waals surface area contributed by atoms with E-state index in [9.17, 15) is 9.59 Å². The maximum Gasteiger partial charge on any atom is 0.238 e. The van der Waals surface area contributed by atoms with Crippen molar-refractivity contribution in [1.29, 1.82) is 0 Å². The summed E-state index contributed by atoms with van der Waals surface area (Å²) in [4.78, 5) is 28.0. The Labute approximate surface area is 137 Å². The fraction of sp³-hybridized carbons (Fsp3) is 0.529. The van der Waals surface area contributed by atoms with Crippen molar-refractivity contribution < 1.29 is 9.59 Å². The van der Waals surface area contributed by atoms with Gasteiger partial charge in [-0.3, -0.25) is 9.59 Å². The van der Waals surface area contributed by atoms with Crippen LogP contribution in [-0.4, -0.2) is 63.0 Å². The monoisotopic (exact) mass is 318 g/mol. The SMILES string of the molecule is CNC(=O)[C@@H]1CN(C(=O)CCN(C)c2cccc(C)c2)CCN1. The number of nitrogens with one attached hydrogen (secondary N) is 2. The van der Waals surface area contributed by atoms with Gasteiger partial charge in [0.1, 0.15) is 6.04 Å². The van der Waals surface area contributed by atoms with E-state index < -0.39 is 0 Å². The molecule has 1 saturated heterocycles. The fourth-order valence-corrected chi connectivity index (χ4v) is 2.74. The molecular formula is C17H26N4O2. The van der Waals surface area contributed by atoms with Crippen LogP contribution in [0.25, 0.3) is 0 Å². The maximum absolute atomic E-state index is 12.4. The van der Waals surface area contributed by atoms with Crippen LogP contribution in [0.3, 0.4) is 0 Å². The molecule has 2 rings (SSSR count). The lowest BCUT2D eigenvalue weighted by molar-refractivity contribution is -0.133. The number of carbonyl (C=O) groups excluding carboxylic acids is 2. The molecule has 1 heterocycles. The van der Waals surface area contributed by atoms with Crippen molar-refractivity contribution in [2.75, 3.05) is 45.2 Å². The highest BCUT2D eigenvalue weighted by Crippen LogP contribution is 2.14. The second kappa shape index (κ2) is 7.97. The summed E-state index contributed by atoms with van der Waals surface area (Å²) in [6.07, 6.45) is 0.449. The molecule has 1 fully saturated rings. The number of aryl methyl sites for hydroxylation is 1. The zero-order valence-electron chi connectivity index (χ0n) is 14.1. The molecule has 1 aromatic carbocycles. The van der Waals surface area contributed by atoms with Crippen molar-refractivity contribution in [3.05, 3.63) is 29.8 Å². The summed E-state index contributed by atoms with van der Waals surface area (Å²) < 4.78 is 0. The van der Waals surface area contributed by atoms with E-state index >= 15 is 0 Å². The third-order valence-electron chi connectivity index (χ3n) is 4.19. The smallest absolute Gasteiger partial charge is 0.238 e. The Kier molecular flexibility index (Phi) is 5.98. The summed E-state index contributed by atoms with van der Waals surface area (Å²) in [5.41, 5.74) is 2.32. The summed E-state index contributed by atoms with van der Waals surface area (Å²) in [5, 5.41) is 5.76. The van der Waals surface area contributed by atoms with Crippen molar-refractivity contribution in [3.8, 4) is 0 Å². The number of carbonyl (C=O) groups is 2. The Morgan fingerprint density at radius 1 is 1.43 bits per heavy atom. The van der Waals surface area contributed by atoms with E-state index in [0.717, 1.165) is 5.69 Å². The molecule has 0 radical (unpaired) electrons. The minimum atomic E-state index is -0.313. The number of hydrogen-bond donors (Lipinski definition) is 2. The van der Waals surface area contributed by atoms with Crippen LogP contribution in [0.4, 0.5) is 5.69 Å². The van der Waals surface area contributed by atoms with E-state index in [-0.39, 0.29) is 17.9 Å². The molecule has 1 aliphatic heterocycles. The number of hydrogen-bond acceptors (Lipinski definition) is 4. The van der Waals surface area contributed by atoms with E-state index in [1.165, 1.54) is 5.56 Å². The highest BCUT2D eigenvalue weighted by atomic mass is 16.2. The van der Waals surface area contributed by atoms with Gasteiger partial charge in [0.05, 0.1) is 0 Å². The van der Waals surface area contributed by atoms with Crippen LogP contribution >= 0.6 is 0 Å². The molecule has 0 aromatic heterocycles. The molecule has 1 aromatic rings. The zero-order chi connectivity index (χ0) is 16.8. The molecule has 1 atom stereocenters. The van der Waals surface area contributed by atoms with Crippen LogP contribution in [0, 0.1) is 6.92 Å². The molecular weight excluding hydrogens is 292 g/mol. The number of anilines is 1. The second-order valence-electron chi connectivity index (χ2n) is 5.97. The number of benzene rings is 1. The predicted molar refractivity (Wildman–Crippen MR) is 91.5 cm³/mol. The van der Waals surface area contributed by atoms with Gasteiger partial charge in [0.15, 0.2) is 0 Å². The lowest BCUT2D eigenvalue weighted by atomic mass is 10.1. The molecule has 0 unspecified atom stereocenters. The Hall–Kier alpha value is -2.08. The Bertz CT molecular complexity index is 561. The van der Waals surface area contributed by atoms with Crippen LogP contribution in [0.5, 0.6) is 0 Å². The van der Waals surface area contributed by atoms with Crippen molar-refractivity contribution >= 4 is 17.5 Å². The summed E-state index contributed by atoms with van der Waals surface area (Å²) >= 11 is 0. The first-order chi connectivity index (χ1) is 11.0. The normalized spacial score (nSPS) is 17.7. The predicted octanol–water partition coefficient (Wildman–Crippen LogP) is 0.368. The van der Waals surface area contributed by atoms with Gasteiger partial charge in [-0.05, 0) is 24.6 Å². The van der Waals surface area contributed by atoms with Crippen LogP contribution < -0.4 is 15.5 Å². The van der Waals surface area contributed by atoms with Gasteiger partial charge in [-0.2, -0.15) is 0 Å². The molecule has 6 heteroatoms. The van der Waals surface area contributed by atoms with Gasteiger partial charge in [-0.25, -0.2) is 0 Å². The molecule has 6 nitrogen and oxygen atoms in total. The van der Waals surface area contributed by atoms with Gasteiger partial charge in [0, 0.05) is 52.4 Å². The fourth-order valence-electron chi connectivity index (χ4n) is 2.74. The van der Waals surface area contributed by atoms with Crippen LogP contribution in [0.2, 0.25) is 0 Å². The number of nitrogens with zero attached hydrogens (tertiary/aromatic N) is 2. The Balaban J connectivity index is 1.85. The molecule has 0 bridgehead atoms. The molecule has 23 heavy (non-hydrogen) atoms. The van der Waals surface area contributed by atoms with E-state index in [1.807, 2.05) is 19.2 Å². The van der Waals surface area contributed by atoms with E-state index in [2.05, 4.69) is 34.6 Å². The lowest BCUT2D eigenvalue weighted by Crippen LogP contribution is -2.58. The summed E-state index contributed by atoms with van der Waals surface area (Å²) in [6.45, 7) is 4.46. The maximum atomic E-state index is 12.4. The highest BCUT2D eigenvalue weighted by Gasteiger charge is 2.27. The largest absolute Gasteiger partial charge is 0.374 e. The first-order valence-corrected chi connectivity index (χ1v) is 8.02. The zero-order valence-corrected chi connectivity index (χ0v) is 14.1. The number of rotatable bonds is 5. The molecule has 0 aliphatic carbocycles. The molecule has 0 spiro atoms. The molecule has 126 valence electrons. The van der Waals surface area contributed by atoms with E-state index in [1.54, 1.807) is 11.9 Å². The van der Waals surface area contributed by atoms with Gasteiger partial charge in [-0.1, -0.05) is 12.1 Å². The van der Waals surface area contributed by atoms with Crippen LogP contribution in [0.15, 0.2) is 24.3 Å². The highest BCUT2D eigenvalue weighted by molar-refractivity contribution is 5.83. The molecule has 1 aliphatic rings. The number of piperazine rings is 1. The van der Waals surface area contributed by atoms with Gasteiger partial charge >= 0.3 is 0 Å². The number of likely N-dealkylation sites (N-methyl/N-ethyl adjacent to an activating group) is 1.